The summed E-state index contributed by atoms with van der Waals surface area (Å²) in [6, 6.07) is 27.5. The van der Waals surface area contributed by atoms with Gasteiger partial charge in [0.15, 0.2) is 4.77 Å². The second-order valence-electron chi connectivity index (χ2n) is 6.26. The molecule has 0 amide bonds. The van der Waals surface area contributed by atoms with Crippen molar-refractivity contribution in [1.82, 2.24) is 9.13 Å². The van der Waals surface area contributed by atoms with E-state index in [1.54, 1.807) is 12.1 Å². The molecule has 5 nitrogen and oxygen atoms in total. The third-order valence-electron chi connectivity index (χ3n) is 4.40. The van der Waals surface area contributed by atoms with Crippen LogP contribution in [0.15, 0.2) is 101 Å². The number of benzene rings is 3. The van der Waals surface area contributed by atoms with Crippen molar-refractivity contribution in [1.29, 1.82) is 0 Å². The highest BCUT2D eigenvalue weighted by Gasteiger charge is 2.17. The van der Waals surface area contributed by atoms with Gasteiger partial charge in [-0.2, -0.15) is 0 Å². The molecule has 142 valence electrons. The summed E-state index contributed by atoms with van der Waals surface area (Å²) in [6.07, 6.45) is 1.38. The van der Waals surface area contributed by atoms with Crippen LogP contribution in [0, 0.1) is 4.77 Å². The lowest BCUT2D eigenvalue weighted by Crippen LogP contribution is -2.27. The molecule has 3 aromatic carbocycles. The minimum Gasteiger partial charge on any atom is -0.494 e. The molecule has 0 aliphatic carbocycles. The van der Waals surface area contributed by atoms with E-state index in [2.05, 4.69) is 4.99 Å². The summed E-state index contributed by atoms with van der Waals surface area (Å²) in [4.78, 5) is 17.6. The largest absolute Gasteiger partial charge is 0.494 e. The Kier molecular flexibility index (Phi) is 5.18. The van der Waals surface area contributed by atoms with Gasteiger partial charge in [0.05, 0.1) is 17.1 Å². The minimum atomic E-state index is -0.439. The van der Waals surface area contributed by atoms with Gasteiger partial charge in [0, 0.05) is 6.21 Å². The molecular weight excluding hydrogens is 382 g/mol. The molecule has 0 bridgehead atoms. The summed E-state index contributed by atoms with van der Waals surface area (Å²) in [5, 5.41) is 10.9. The van der Waals surface area contributed by atoms with E-state index >= 15 is 0 Å². The molecule has 0 aliphatic heterocycles. The smallest absolute Gasteiger partial charge is 0.271 e. The van der Waals surface area contributed by atoms with Gasteiger partial charge in [0.2, 0.25) is 5.88 Å². The van der Waals surface area contributed by atoms with E-state index in [0.29, 0.717) is 17.1 Å². The third kappa shape index (κ3) is 3.66. The van der Waals surface area contributed by atoms with E-state index in [4.69, 9.17) is 12.2 Å². The van der Waals surface area contributed by atoms with Gasteiger partial charge < -0.3 is 5.11 Å². The van der Waals surface area contributed by atoms with Crippen LogP contribution in [0.25, 0.3) is 11.4 Å². The summed E-state index contributed by atoms with van der Waals surface area (Å²) in [6.45, 7) is 0. The number of aromatic hydroxyl groups is 1. The van der Waals surface area contributed by atoms with Crippen molar-refractivity contribution in [3.8, 4) is 17.3 Å². The quantitative estimate of drug-likeness (QED) is 0.396. The molecular formula is C23H17N3O2S. The van der Waals surface area contributed by atoms with E-state index in [1.165, 1.54) is 15.3 Å². The van der Waals surface area contributed by atoms with Crippen LogP contribution in [-0.4, -0.2) is 20.5 Å². The standard InChI is InChI=1S/C23H17N3O2S/c27-21-20(16-24-17-10-4-1-5-11-17)22(28)26(19-14-8-3-9-15-19)23(29)25(21)18-12-6-2-7-13-18/h1-16,27H. The maximum Gasteiger partial charge on any atom is 0.271 e. The zero-order valence-corrected chi connectivity index (χ0v) is 16.2. The lowest BCUT2D eigenvalue weighted by Gasteiger charge is -2.16. The molecule has 0 fully saturated rings. The summed E-state index contributed by atoms with van der Waals surface area (Å²) < 4.78 is 3.03. The van der Waals surface area contributed by atoms with E-state index in [9.17, 15) is 9.90 Å². The summed E-state index contributed by atoms with van der Waals surface area (Å²) in [5.74, 6) is -0.252. The Hall–Kier alpha value is -3.77. The molecule has 0 radical (unpaired) electrons. The normalized spacial score (nSPS) is 11.0. The van der Waals surface area contributed by atoms with Crippen LogP contribution >= 0.6 is 12.2 Å². The van der Waals surface area contributed by atoms with Crippen LogP contribution in [0.2, 0.25) is 0 Å². The van der Waals surface area contributed by atoms with Crippen molar-refractivity contribution in [2.24, 2.45) is 4.99 Å². The summed E-state index contributed by atoms with van der Waals surface area (Å²) >= 11 is 5.59. The Morgan fingerprint density at radius 3 is 1.79 bits per heavy atom. The summed E-state index contributed by atoms with van der Waals surface area (Å²) in [7, 11) is 0. The first kappa shape index (κ1) is 18.6. The van der Waals surface area contributed by atoms with Crippen molar-refractivity contribution in [3.05, 3.63) is 112 Å². The number of para-hydroxylation sites is 3. The minimum absolute atomic E-state index is 0.0511. The topological polar surface area (TPSA) is 59.5 Å². The van der Waals surface area contributed by atoms with E-state index in [-0.39, 0.29) is 16.2 Å². The number of rotatable bonds is 4. The van der Waals surface area contributed by atoms with E-state index in [1.807, 2.05) is 78.9 Å². The average molecular weight is 399 g/mol. The highest BCUT2D eigenvalue weighted by molar-refractivity contribution is 7.71. The molecule has 4 rings (SSSR count). The number of aliphatic imine (C=N–C) groups is 1. The first-order valence-corrected chi connectivity index (χ1v) is 9.38. The van der Waals surface area contributed by atoms with E-state index in [0.717, 1.165) is 0 Å². The van der Waals surface area contributed by atoms with Crippen LogP contribution in [-0.2, 0) is 0 Å². The maximum atomic E-state index is 13.2. The highest BCUT2D eigenvalue weighted by atomic mass is 32.1. The van der Waals surface area contributed by atoms with Crippen LogP contribution in [0.1, 0.15) is 5.56 Å². The number of hydrogen-bond donors (Lipinski definition) is 1. The monoisotopic (exact) mass is 399 g/mol. The van der Waals surface area contributed by atoms with E-state index < -0.39 is 5.56 Å². The molecule has 0 spiro atoms. The van der Waals surface area contributed by atoms with Crippen LogP contribution in [0.4, 0.5) is 5.69 Å². The Morgan fingerprint density at radius 1 is 0.759 bits per heavy atom. The fourth-order valence-corrected chi connectivity index (χ4v) is 3.37. The SMILES string of the molecule is O=c1c(C=Nc2ccccc2)c(O)n(-c2ccccc2)c(=S)n1-c1ccccc1. The molecule has 1 N–H and O–H groups in total. The molecule has 0 saturated carbocycles. The second kappa shape index (κ2) is 8.08. The highest BCUT2D eigenvalue weighted by Crippen LogP contribution is 2.22. The van der Waals surface area contributed by atoms with Crippen molar-refractivity contribution in [2.75, 3.05) is 0 Å². The van der Waals surface area contributed by atoms with Gasteiger partial charge in [0.1, 0.15) is 5.56 Å². The number of nitrogens with zero attached hydrogens (tertiary/aromatic N) is 3. The predicted octanol–water partition coefficient (Wildman–Crippen LogP) is 4.81. The Morgan fingerprint density at radius 2 is 1.24 bits per heavy atom. The van der Waals surface area contributed by atoms with Crippen molar-refractivity contribution >= 4 is 24.1 Å². The Labute approximate surface area is 172 Å². The first-order chi connectivity index (χ1) is 14.2. The van der Waals surface area contributed by atoms with Crippen LogP contribution in [0.5, 0.6) is 5.88 Å². The average Bonchev–Trinajstić information content (AvgIpc) is 2.76. The summed E-state index contributed by atoms with van der Waals surface area (Å²) in [5.41, 5.74) is 1.54. The molecule has 0 aliphatic rings. The second-order valence-corrected chi connectivity index (χ2v) is 6.63. The Balaban J connectivity index is 2.02. The van der Waals surface area contributed by atoms with Gasteiger partial charge in [0.25, 0.3) is 5.56 Å². The first-order valence-electron chi connectivity index (χ1n) is 8.98. The molecule has 0 saturated heterocycles. The van der Waals surface area contributed by atoms with Crippen molar-refractivity contribution < 1.29 is 5.11 Å². The van der Waals surface area contributed by atoms with Crippen LogP contribution in [0.3, 0.4) is 0 Å². The fraction of sp³-hybridized carbons (Fsp3) is 0. The maximum absolute atomic E-state index is 13.2. The molecule has 29 heavy (non-hydrogen) atoms. The molecule has 1 aromatic heterocycles. The molecule has 0 unspecified atom stereocenters. The van der Waals surface area contributed by atoms with Crippen LogP contribution < -0.4 is 5.56 Å². The fourth-order valence-electron chi connectivity index (χ4n) is 2.99. The zero-order valence-electron chi connectivity index (χ0n) is 15.3. The van der Waals surface area contributed by atoms with Gasteiger partial charge in [-0.3, -0.25) is 18.9 Å². The number of hydrogen-bond acceptors (Lipinski definition) is 4. The molecule has 6 heteroatoms. The molecule has 1 heterocycles. The number of aromatic nitrogens is 2. The van der Waals surface area contributed by atoms with Crippen molar-refractivity contribution in [3.63, 3.8) is 0 Å². The lowest BCUT2D eigenvalue weighted by atomic mass is 10.2. The van der Waals surface area contributed by atoms with Gasteiger partial charge in [-0.15, -0.1) is 0 Å². The third-order valence-corrected chi connectivity index (χ3v) is 4.76. The lowest BCUT2D eigenvalue weighted by molar-refractivity contribution is 0.430. The zero-order chi connectivity index (χ0) is 20.2. The van der Waals surface area contributed by atoms with Gasteiger partial charge in [-0.05, 0) is 48.6 Å². The van der Waals surface area contributed by atoms with Gasteiger partial charge >= 0.3 is 0 Å². The molecule has 0 atom stereocenters. The Bertz CT molecular complexity index is 1280. The van der Waals surface area contributed by atoms with Gasteiger partial charge in [-0.1, -0.05) is 54.6 Å². The predicted molar refractivity (Wildman–Crippen MR) is 118 cm³/mol. The van der Waals surface area contributed by atoms with Crippen molar-refractivity contribution in [2.45, 2.75) is 0 Å². The molecule has 4 aromatic rings. The van der Waals surface area contributed by atoms with Gasteiger partial charge in [-0.25, -0.2) is 0 Å².